The Morgan fingerprint density at radius 1 is 1.33 bits per heavy atom. The number of rotatable bonds is 4. The SMILES string of the molecule is O=CC1CCC(O)CN1S(=O)(=O)c1ccccc1[N+](=O)[O-]. The summed E-state index contributed by atoms with van der Waals surface area (Å²) in [6.07, 6.45) is 0.0911. The van der Waals surface area contributed by atoms with Gasteiger partial charge in [0.1, 0.15) is 6.29 Å². The van der Waals surface area contributed by atoms with Gasteiger partial charge in [0.25, 0.3) is 15.7 Å². The molecule has 2 atom stereocenters. The molecule has 0 amide bonds. The highest BCUT2D eigenvalue weighted by molar-refractivity contribution is 7.89. The molecular formula is C12H14N2O6S. The van der Waals surface area contributed by atoms with E-state index < -0.39 is 37.7 Å². The number of nitrogens with zero attached hydrogens (tertiary/aromatic N) is 2. The smallest absolute Gasteiger partial charge is 0.289 e. The first-order chi connectivity index (χ1) is 9.87. The van der Waals surface area contributed by atoms with E-state index in [1.165, 1.54) is 12.1 Å². The molecule has 1 aromatic carbocycles. The van der Waals surface area contributed by atoms with Gasteiger partial charge in [-0.25, -0.2) is 8.42 Å². The number of nitro groups is 1. The summed E-state index contributed by atoms with van der Waals surface area (Å²) in [5.74, 6) is 0. The molecular weight excluding hydrogens is 300 g/mol. The molecule has 1 saturated heterocycles. The van der Waals surface area contributed by atoms with Gasteiger partial charge in [0, 0.05) is 12.6 Å². The van der Waals surface area contributed by atoms with Crippen molar-refractivity contribution in [2.24, 2.45) is 0 Å². The number of nitro benzene ring substituents is 1. The predicted molar refractivity (Wildman–Crippen MR) is 72.1 cm³/mol. The van der Waals surface area contributed by atoms with E-state index in [0.717, 1.165) is 16.4 Å². The molecule has 114 valence electrons. The van der Waals surface area contributed by atoms with Crippen molar-refractivity contribution < 1.29 is 23.2 Å². The number of β-amino-alcohol motifs (C(OH)–C–C–N with tert-alkyl or cyclic N) is 1. The zero-order valence-corrected chi connectivity index (χ0v) is 11.8. The molecule has 2 unspecified atom stereocenters. The standard InChI is InChI=1S/C12H14N2O6S/c15-8-9-5-6-10(16)7-13(9)21(19,20)12-4-2-1-3-11(12)14(17)18/h1-4,8-10,16H,5-7H2. The lowest BCUT2D eigenvalue weighted by Gasteiger charge is -2.33. The van der Waals surface area contributed by atoms with E-state index in [9.17, 15) is 28.4 Å². The number of carbonyl (C=O) groups excluding carboxylic acids is 1. The maximum Gasteiger partial charge on any atom is 0.289 e. The van der Waals surface area contributed by atoms with Crippen LogP contribution in [0.2, 0.25) is 0 Å². The van der Waals surface area contributed by atoms with Crippen molar-refractivity contribution in [2.75, 3.05) is 6.54 Å². The van der Waals surface area contributed by atoms with Gasteiger partial charge in [-0.2, -0.15) is 4.31 Å². The van der Waals surface area contributed by atoms with Crippen molar-refractivity contribution in [1.29, 1.82) is 0 Å². The van der Waals surface area contributed by atoms with E-state index in [0.29, 0.717) is 12.7 Å². The molecule has 9 heteroatoms. The van der Waals surface area contributed by atoms with Crippen molar-refractivity contribution >= 4 is 22.0 Å². The molecule has 0 radical (unpaired) electrons. The number of para-hydroxylation sites is 1. The van der Waals surface area contributed by atoms with E-state index in [1.807, 2.05) is 0 Å². The fourth-order valence-corrected chi connectivity index (χ4v) is 4.10. The molecule has 1 fully saturated rings. The third-order valence-corrected chi connectivity index (χ3v) is 5.30. The summed E-state index contributed by atoms with van der Waals surface area (Å²) >= 11 is 0. The Labute approximate surface area is 121 Å². The summed E-state index contributed by atoms with van der Waals surface area (Å²) in [5.41, 5.74) is -0.554. The number of piperidine rings is 1. The average Bonchev–Trinajstić information content (AvgIpc) is 2.47. The minimum Gasteiger partial charge on any atom is -0.392 e. The number of sulfonamides is 1. The highest BCUT2D eigenvalue weighted by Gasteiger charge is 2.39. The van der Waals surface area contributed by atoms with Gasteiger partial charge < -0.3 is 9.90 Å². The molecule has 0 aliphatic carbocycles. The van der Waals surface area contributed by atoms with Crippen LogP contribution >= 0.6 is 0 Å². The lowest BCUT2D eigenvalue weighted by molar-refractivity contribution is -0.387. The summed E-state index contributed by atoms with van der Waals surface area (Å²) in [6, 6.07) is 4.02. The molecule has 0 saturated carbocycles. The Balaban J connectivity index is 2.50. The zero-order chi connectivity index (χ0) is 15.6. The lowest BCUT2D eigenvalue weighted by atomic mass is 10.0. The minimum absolute atomic E-state index is 0.185. The van der Waals surface area contributed by atoms with Crippen molar-refractivity contribution in [3.63, 3.8) is 0 Å². The minimum atomic E-state index is -4.23. The normalized spacial score (nSPS) is 23.7. The first-order valence-electron chi connectivity index (χ1n) is 6.26. The van der Waals surface area contributed by atoms with E-state index >= 15 is 0 Å². The first-order valence-corrected chi connectivity index (χ1v) is 7.70. The number of hydrogen-bond donors (Lipinski definition) is 1. The summed E-state index contributed by atoms with van der Waals surface area (Å²) < 4.78 is 26.0. The van der Waals surface area contributed by atoms with Crippen LogP contribution in [-0.2, 0) is 14.8 Å². The van der Waals surface area contributed by atoms with Gasteiger partial charge in [-0.3, -0.25) is 10.1 Å². The predicted octanol–water partition coefficient (Wildman–Crippen LogP) is 0.308. The molecule has 1 heterocycles. The van der Waals surface area contributed by atoms with Gasteiger partial charge in [0.2, 0.25) is 0 Å². The number of aldehydes is 1. The third kappa shape index (κ3) is 2.94. The van der Waals surface area contributed by atoms with Crippen LogP contribution in [0.15, 0.2) is 29.2 Å². The van der Waals surface area contributed by atoms with Gasteiger partial charge in [-0.1, -0.05) is 12.1 Å². The van der Waals surface area contributed by atoms with Crippen LogP contribution < -0.4 is 0 Å². The molecule has 0 spiro atoms. The van der Waals surface area contributed by atoms with Crippen LogP contribution in [-0.4, -0.2) is 47.7 Å². The first kappa shape index (κ1) is 15.5. The van der Waals surface area contributed by atoms with Crippen LogP contribution in [0.25, 0.3) is 0 Å². The second-order valence-corrected chi connectivity index (χ2v) is 6.59. The Bertz CT molecular complexity index is 659. The summed E-state index contributed by atoms with van der Waals surface area (Å²) in [6.45, 7) is -0.252. The van der Waals surface area contributed by atoms with Gasteiger partial charge in [-0.15, -0.1) is 0 Å². The lowest BCUT2D eigenvalue weighted by Crippen LogP contribution is -2.49. The Kier molecular flexibility index (Phi) is 4.35. The molecule has 0 aromatic heterocycles. The fourth-order valence-electron chi connectivity index (χ4n) is 2.31. The molecule has 2 rings (SSSR count). The average molecular weight is 314 g/mol. The topological polar surface area (TPSA) is 118 Å². The number of aliphatic hydroxyl groups excluding tert-OH is 1. The van der Waals surface area contributed by atoms with Crippen molar-refractivity contribution in [2.45, 2.75) is 29.9 Å². The van der Waals surface area contributed by atoms with E-state index in [4.69, 9.17) is 0 Å². The van der Waals surface area contributed by atoms with Crippen LogP contribution in [0.5, 0.6) is 0 Å². The van der Waals surface area contributed by atoms with E-state index in [1.54, 1.807) is 0 Å². The van der Waals surface area contributed by atoms with Gasteiger partial charge >= 0.3 is 0 Å². The van der Waals surface area contributed by atoms with E-state index in [-0.39, 0.29) is 13.0 Å². The fraction of sp³-hybridized carbons (Fsp3) is 0.417. The van der Waals surface area contributed by atoms with Gasteiger partial charge in [-0.05, 0) is 18.9 Å². The molecule has 0 bridgehead atoms. The van der Waals surface area contributed by atoms with Gasteiger partial charge in [0.05, 0.1) is 17.1 Å². The van der Waals surface area contributed by atoms with Crippen LogP contribution in [0, 0.1) is 10.1 Å². The summed E-state index contributed by atoms with van der Waals surface area (Å²) in [4.78, 5) is 20.8. The number of carbonyl (C=O) groups is 1. The molecule has 21 heavy (non-hydrogen) atoms. The molecule has 1 aromatic rings. The van der Waals surface area contributed by atoms with E-state index in [2.05, 4.69) is 0 Å². The van der Waals surface area contributed by atoms with Crippen molar-refractivity contribution in [3.05, 3.63) is 34.4 Å². The van der Waals surface area contributed by atoms with Crippen LogP contribution in [0.1, 0.15) is 12.8 Å². The summed E-state index contributed by atoms with van der Waals surface area (Å²) in [5, 5.41) is 20.6. The number of hydrogen-bond acceptors (Lipinski definition) is 6. The second-order valence-electron chi connectivity index (χ2n) is 4.73. The third-order valence-electron chi connectivity index (χ3n) is 3.36. The second kappa shape index (κ2) is 5.88. The largest absolute Gasteiger partial charge is 0.392 e. The highest BCUT2D eigenvalue weighted by Crippen LogP contribution is 2.30. The van der Waals surface area contributed by atoms with Crippen LogP contribution in [0.4, 0.5) is 5.69 Å². The monoisotopic (exact) mass is 314 g/mol. The van der Waals surface area contributed by atoms with Crippen molar-refractivity contribution in [1.82, 2.24) is 4.31 Å². The highest BCUT2D eigenvalue weighted by atomic mass is 32.2. The van der Waals surface area contributed by atoms with Crippen LogP contribution in [0.3, 0.4) is 0 Å². The molecule has 1 N–H and O–H groups in total. The zero-order valence-electron chi connectivity index (χ0n) is 11.0. The molecule has 1 aliphatic rings. The maximum atomic E-state index is 12.6. The maximum absolute atomic E-state index is 12.6. The quantitative estimate of drug-likeness (QED) is 0.485. The number of aliphatic hydroxyl groups is 1. The van der Waals surface area contributed by atoms with Crippen molar-refractivity contribution in [3.8, 4) is 0 Å². The van der Waals surface area contributed by atoms with Gasteiger partial charge in [0.15, 0.2) is 4.90 Å². The number of benzene rings is 1. The molecule has 8 nitrogen and oxygen atoms in total. The Morgan fingerprint density at radius 2 is 2.00 bits per heavy atom. The Hall–Kier alpha value is -1.84. The summed E-state index contributed by atoms with van der Waals surface area (Å²) in [7, 11) is -4.23. The Morgan fingerprint density at radius 3 is 2.62 bits per heavy atom. The molecule has 1 aliphatic heterocycles.